The SMILES string of the molecule is CCN(c1ccc(CNC(C)(C)C)c(Br)c1)C(C)C. The second-order valence-electron chi connectivity index (χ2n) is 6.26. The van der Waals surface area contributed by atoms with Crippen molar-refractivity contribution in [3.8, 4) is 0 Å². The third-order valence-corrected chi connectivity index (χ3v) is 3.88. The van der Waals surface area contributed by atoms with Gasteiger partial charge in [0, 0.05) is 34.8 Å². The molecule has 0 fully saturated rings. The molecule has 108 valence electrons. The minimum Gasteiger partial charge on any atom is -0.369 e. The van der Waals surface area contributed by atoms with E-state index in [0.717, 1.165) is 13.1 Å². The Morgan fingerprint density at radius 1 is 1.26 bits per heavy atom. The van der Waals surface area contributed by atoms with E-state index >= 15 is 0 Å². The molecule has 0 spiro atoms. The number of nitrogens with zero attached hydrogens (tertiary/aromatic N) is 1. The van der Waals surface area contributed by atoms with Gasteiger partial charge in [-0.2, -0.15) is 0 Å². The Balaban J connectivity index is 2.85. The first-order valence-corrected chi connectivity index (χ1v) is 7.84. The fourth-order valence-electron chi connectivity index (χ4n) is 2.06. The average Bonchev–Trinajstić information content (AvgIpc) is 2.27. The molecule has 0 saturated heterocycles. The Labute approximate surface area is 126 Å². The molecule has 0 aliphatic carbocycles. The fraction of sp³-hybridized carbons (Fsp3) is 0.625. The summed E-state index contributed by atoms with van der Waals surface area (Å²) in [5.41, 5.74) is 2.73. The highest BCUT2D eigenvalue weighted by atomic mass is 79.9. The zero-order chi connectivity index (χ0) is 14.6. The molecule has 3 heteroatoms. The molecule has 2 nitrogen and oxygen atoms in total. The highest BCUT2D eigenvalue weighted by molar-refractivity contribution is 9.10. The van der Waals surface area contributed by atoms with Crippen LogP contribution in [0, 0.1) is 0 Å². The minimum absolute atomic E-state index is 0.144. The standard InChI is InChI=1S/C16H27BrN2/c1-7-19(12(2)3)14-9-8-13(15(17)10-14)11-18-16(4,5)6/h8-10,12,18H,7,11H2,1-6H3. The molecule has 0 aromatic heterocycles. The first kappa shape index (κ1) is 16.5. The maximum Gasteiger partial charge on any atom is 0.0379 e. The molecular formula is C16H27BrN2. The predicted molar refractivity (Wildman–Crippen MR) is 88.9 cm³/mol. The maximum absolute atomic E-state index is 3.69. The molecule has 0 atom stereocenters. The summed E-state index contributed by atoms with van der Waals surface area (Å²) < 4.78 is 1.18. The van der Waals surface area contributed by atoms with Crippen molar-refractivity contribution in [1.82, 2.24) is 5.32 Å². The lowest BCUT2D eigenvalue weighted by atomic mass is 10.1. The molecule has 0 radical (unpaired) electrons. The van der Waals surface area contributed by atoms with Gasteiger partial charge in [-0.25, -0.2) is 0 Å². The molecule has 0 saturated carbocycles. The number of nitrogens with one attached hydrogen (secondary N) is 1. The Hall–Kier alpha value is -0.540. The van der Waals surface area contributed by atoms with Crippen LogP contribution in [0.4, 0.5) is 5.69 Å². The van der Waals surface area contributed by atoms with Crippen LogP contribution in [0.15, 0.2) is 22.7 Å². The zero-order valence-corrected chi connectivity index (χ0v) is 14.6. The van der Waals surface area contributed by atoms with Gasteiger partial charge < -0.3 is 10.2 Å². The molecule has 0 bridgehead atoms. The number of halogens is 1. The van der Waals surface area contributed by atoms with E-state index in [2.05, 4.69) is 85.9 Å². The third-order valence-electron chi connectivity index (χ3n) is 3.14. The molecule has 0 aliphatic rings. The van der Waals surface area contributed by atoms with Crippen molar-refractivity contribution >= 4 is 21.6 Å². The van der Waals surface area contributed by atoms with Crippen molar-refractivity contribution in [2.24, 2.45) is 0 Å². The van der Waals surface area contributed by atoms with Gasteiger partial charge in [-0.1, -0.05) is 22.0 Å². The lowest BCUT2D eigenvalue weighted by Crippen LogP contribution is -2.35. The molecule has 1 rings (SSSR count). The second kappa shape index (κ2) is 6.76. The van der Waals surface area contributed by atoms with E-state index in [1.807, 2.05) is 0 Å². The first-order chi connectivity index (χ1) is 8.74. The largest absolute Gasteiger partial charge is 0.369 e. The van der Waals surface area contributed by atoms with Crippen LogP contribution in [-0.2, 0) is 6.54 Å². The molecular weight excluding hydrogens is 300 g/mol. The van der Waals surface area contributed by atoms with Crippen LogP contribution >= 0.6 is 15.9 Å². The van der Waals surface area contributed by atoms with Gasteiger partial charge in [0.2, 0.25) is 0 Å². The minimum atomic E-state index is 0.144. The molecule has 0 heterocycles. The average molecular weight is 327 g/mol. The van der Waals surface area contributed by atoms with Crippen LogP contribution < -0.4 is 10.2 Å². The summed E-state index contributed by atoms with van der Waals surface area (Å²) in [7, 11) is 0. The van der Waals surface area contributed by atoms with Crippen molar-refractivity contribution in [2.45, 2.75) is 59.7 Å². The predicted octanol–water partition coefficient (Wildman–Crippen LogP) is 4.57. The van der Waals surface area contributed by atoms with Crippen LogP contribution in [0.1, 0.15) is 47.1 Å². The van der Waals surface area contributed by atoms with E-state index in [1.54, 1.807) is 0 Å². The highest BCUT2D eigenvalue weighted by Crippen LogP contribution is 2.25. The van der Waals surface area contributed by atoms with Crippen molar-refractivity contribution in [2.75, 3.05) is 11.4 Å². The second-order valence-corrected chi connectivity index (χ2v) is 7.11. The van der Waals surface area contributed by atoms with Crippen molar-refractivity contribution in [3.63, 3.8) is 0 Å². The van der Waals surface area contributed by atoms with Crippen LogP contribution in [-0.4, -0.2) is 18.1 Å². The van der Waals surface area contributed by atoms with Crippen LogP contribution in [0.2, 0.25) is 0 Å². The maximum atomic E-state index is 3.69. The number of hydrogen-bond acceptors (Lipinski definition) is 2. The van der Waals surface area contributed by atoms with E-state index in [9.17, 15) is 0 Å². The summed E-state index contributed by atoms with van der Waals surface area (Å²) in [5, 5.41) is 3.52. The highest BCUT2D eigenvalue weighted by Gasteiger charge is 2.12. The first-order valence-electron chi connectivity index (χ1n) is 7.04. The van der Waals surface area contributed by atoms with Gasteiger partial charge in [-0.15, -0.1) is 0 Å². The van der Waals surface area contributed by atoms with Gasteiger partial charge in [0.15, 0.2) is 0 Å². The molecule has 19 heavy (non-hydrogen) atoms. The van der Waals surface area contributed by atoms with Crippen LogP contribution in [0.3, 0.4) is 0 Å². The number of rotatable bonds is 5. The Morgan fingerprint density at radius 2 is 1.89 bits per heavy atom. The van der Waals surface area contributed by atoms with Crippen molar-refractivity contribution in [1.29, 1.82) is 0 Å². The molecule has 1 N–H and O–H groups in total. The van der Waals surface area contributed by atoms with Crippen molar-refractivity contribution in [3.05, 3.63) is 28.2 Å². The Bertz CT molecular complexity index is 408. The van der Waals surface area contributed by atoms with Gasteiger partial charge in [0.1, 0.15) is 0 Å². The molecule has 0 aliphatic heterocycles. The topological polar surface area (TPSA) is 15.3 Å². The number of hydrogen-bond donors (Lipinski definition) is 1. The summed E-state index contributed by atoms with van der Waals surface area (Å²) in [6.07, 6.45) is 0. The van der Waals surface area contributed by atoms with E-state index in [4.69, 9.17) is 0 Å². The monoisotopic (exact) mass is 326 g/mol. The Kier molecular flexibility index (Phi) is 5.87. The van der Waals surface area contributed by atoms with E-state index in [-0.39, 0.29) is 5.54 Å². The molecule has 0 unspecified atom stereocenters. The van der Waals surface area contributed by atoms with E-state index in [0.29, 0.717) is 6.04 Å². The van der Waals surface area contributed by atoms with Crippen LogP contribution in [0.5, 0.6) is 0 Å². The normalized spacial score (nSPS) is 12.0. The summed E-state index contributed by atoms with van der Waals surface area (Å²) in [4.78, 5) is 2.39. The molecule has 1 aromatic rings. The van der Waals surface area contributed by atoms with Crippen molar-refractivity contribution < 1.29 is 0 Å². The summed E-state index contributed by atoms with van der Waals surface area (Å²) in [5.74, 6) is 0. The van der Waals surface area contributed by atoms with E-state index in [1.165, 1.54) is 15.7 Å². The fourth-order valence-corrected chi connectivity index (χ4v) is 2.57. The lowest BCUT2D eigenvalue weighted by Gasteiger charge is -2.28. The summed E-state index contributed by atoms with van der Waals surface area (Å²) in [6.45, 7) is 15.1. The Morgan fingerprint density at radius 3 is 2.32 bits per heavy atom. The summed E-state index contributed by atoms with van der Waals surface area (Å²) >= 11 is 3.69. The van der Waals surface area contributed by atoms with Gasteiger partial charge in [0.25, 0.3) is 0 Å². The lowest BCUT2D eigenvalue weighted by molar-refractivity contribution is 0.424. The third kappa shape index (κ3) is 5.15. The van der Waals surface area contributed by atoms with Gasteiger partial charge in [0.05, 0.1) is 0 Å². The van der Waals surface area contributed by atoms with Gasteiger partial charge in [-0.05, 0) is 59.2 Å². The number of benzene rings is 1. The summed E-state index contributed by atoms with van der Waals surface area (Å²) in [6, 6.07) is 7.18. The smallest absolute Gasteiger partial charge is 0.0379 e. The molecule has 1 aromatic carbocycles. The molecule has 0 amide bonds. The van der Waals surface area contributed by atoms with Crippen LogP contribution in [0.25, 0.3) is 0 Å². The van der Waals surface area contributed by atoms with Gasteiger partial charge in [-0.3, -0.25) is 0 Å². The quantitative estimate of drug-likeness (QED) is 0.852. The van der Waals surface area contributed by atoms with Gasteiger partial charge >= 0.3 is 0 Å². The van der Waals surface area contributed by atoms with E-state index < -0.39 is 0 Å². The number of anilines is 1. The zero-order valence-electron chi connectivity index (χ0n) is 13.0.